The van der Waals surface area contributed by atoms with Crippen molar-refractivity contribution in [1.29, 1.82) is 0 Å². The van der Waals surface area contributed by atoms with Crippen LogP contribution in [0.3, 0.4) is 0 Å². The zero-order valence-corrected chi connectivity index (χ0v) is 23.1. The Bertz CT molecular complexity index is 1370. The van der Waals surface area contributed by atoms with E-state index in [0.717, 1.165) is 28.1 Å². The van der Waals surface area contributed by atoms with E-state index in [0.29, 0.717) is 24.8 Å². The highest BCUT2D eigenvalue weighted by Crippen LogP contribution is 2.73. The van der Waals surface area contributed by atoms with Crippen LogP contribution in [0, 0.1) is 5.92 Å². The molecule has 0 aliphatic carbocycles. The van der Waals surface area contributed by atoms with Crippen molar-refractivity contribution in [3.63, 3.8) is 0 Å². The minimum absolute atomic E-state index is 0.255. The molecular formula is C33H34N2O3P. The van der Waals surface area contributed by atoms with Crippen LogP contribution in [0.4, 0.5) is 11.4 Å². The molecule has 199 valence electrons. The van der Waals surface area contributed by atoms with Gasteiger partial charge in [0.05, 0.1) is 12.5 Å². The zero-order chi connectivity index (χ0) is 27.2. The Morgan fingerprint density at radius 3 is 1.85 bits per heavy atom. The summed E-state index contributed by atoms with van der Waals surface area (Å²) in [6, 6.07) is 38.0. The Labute approximate surface area is 231 Å². The highest BCUT2D eigenvalue weighted by molar-refractivity contribution is 7.77. The Kier molecular flexibility index (Phi) is 8.11. The van der Waals surface area contributed by atoms with Crippen molar-refractivity contribution in [2.75, 3.05) is 29.0 Å². The van der Waals surface area contributed by atoms with Gasteiger partial charge in [0.25, 0.3) is 0 Å². The standard InChI is InChI=1S/C33H34N2O3P/c1-3-38-33(36)32(25-28-17-13-14-22-31(28)27-15-7-4-8-16-27)26(2)39(37)34(29-18-9-5-10-19-29)23-24-35(39)30-20-11-6-12-21-30/h4-22,32,37H,2-3,23-25H2,1H3. The van der Waals surface area contributed by atoms with Gasteiger partial charge >= 0.3 is 5.97 Å². The fourth-order valence-electron chi connectivity index (χ4n) is 5.30. The highest BCUT2D eigenvalue weighted by atomic mass is 31.2. The van der Waals surface area contributed by atoms with Gasteiger partial charge in [0, 0.05) is 29.8 Å². The van der Waals surface area contributed by atoms with Crippen molar-refractivity contribution in [1.82, 2.24) is 0 Å². The topological polar surface area (TPSA) is 53.0 Å². The van der Waals surface area contributed by atoms with Gasteiger partial charge in [0.2, 0.25) is 0 Å². The Balaban J connectivity index is 1.59. The third kappa shape index (κ3) is 5.34. The molecule has 1 N–H and O–H groups in total. The lowest BCUT2D eigenvalue weighted by atomic mass is 9.92. The molecule has 1 unspecified atom stereocenters. The molecule has 5 nitrogen and oxygen atoms in total. The highest BCUT2D eigenvalue weighted by Gasteiger charge is 2.50. The average molecular weight is 538 g/mol. The molecule has 4 aromatic carbocycles. The molecule has 5 rings (SSSR count). The molecule has 1 atom stereocenters. The van der Waals surface area contributed by atoms with E-state index in [9.17, 15) is 9.69 Å². The molecular weight excluding hydrogens is 503 g/mol. The molecule has 1 aliphatic rings. The van der Waals surface area contributed by atoms with Crippen LogP contribution >= 0.6 is 7.79 Å². The van der Waals surface area contributed by atoms with Crippen molar-refractivity contribution in [2.45, 2.75) is 13.3 Å². The Hall–Kier alpha value is -3.92. The van der Waals surface area contributed by atoms with Crippen molar-refractivity contribution in [2.24, 2.45) is 5.92 Å². The van der Waals surface area contributed by atoms with Gasteiger partial charge in [0.15, 0.2) is 7.79 Å². The quantitative estimate of drug-likeness (QED) is 0.178. The largest absolute Gasteiger partial charge is 0.466 e. The predicted molar refractivity (Wildman–Crippen MR) is 162 cm³/mol. The van der Waals surface area contributed by atoms with E-state index in [4.69, 9.17) is 4.74 Å². The molecule has 4 aromatic rings. The lowest BCUT2D eigenvalue weighted by Crippen LogP contribution is -2.32. The van der Waals surface area contributed by atoms with E-state index in [2.05, 4.69) is 24.8 Å². The van der Waals surface area contributed by atoms with Gasteiger partial charge in [-0.3, -0.25) is 4.79 Å². The van der Waals surface area contributed by atoms with Crippen molar-refractivity contribution in [3.8, 4) is 11.1 Å². The number of carbonyl (C=O) groups is 1. The monoisotopic (exact) mass is 537 g/mol. The first-order valence-corrected chi connectivity index (χ1v) is 15.0. The third-order valence-electron chi connectivity index (χ3n) is 7.19. The molecule has 6 heteroatoms. The summed E-state index contributed by atoms with van der Waals surface area (Å²) in [5.41, 5.74) is 4.94. The summed E-state index contributed by atoms with van der Waals surface area (Å²) in [5.74, 6) is -1.10. The van der Waals surface area contributed by atoms with Crippen LogP contribution < -0.4 is 9.34 Å². The minimum Gasteiger partial charge on any atom is -0.466 e. The zero-order valence-electron chi connectivity index (χ0n) is 22.2. The van der Waals surface area contributed by atoms with E-state index >= 15 is 0 Å². The fraction of sp³-hybridized carbons (Fsp3) is 0.182. The van der Waals surface area contributed by atoms with Gasteiger partial charge < -0.3 is 19.0 Å². The minimum atomic E-state index is -3.26. The first-order chi connectivity index (χ1) is 19.0. The Morgan fingerprint density at radius 2 is 1.31 bits per heavy atom. The molecule has 1 heterocycles. The molecule has 0 amide bonds. The molecule has 1 aliphatic heterocycles. The molecule has 0 aromatic heterocycles. The number of carbonyl (C=O) groups excluding carboxylic acids is 1. The maximum atomic E-state index is 13.6. The number of rotatable bonds is 9. The maximum Gasteiger partial charge on any atom is 0.313 e. The van der Waals surface area contributed by atoms with E-state index in [1.807, 2.05) is 113 Å². The van der Waals surface area contributed by atoms with E-state index in [-0.39, 0.29) is 12.6 Å². The molecule has 39 heavy (non-hydrogen) atoms. The van der Waals surface area contributed by atoms with Gasteiger partial charge in [-0.2, -0.15) is 0 Å². The summed E-state index contributed by atoms with van der Waals surface area (Å²) in [5, 5.41) is 0.494. The summed E-state index contributed by atoms with van der Waals surface area (Å²) in [7, 11) is -3.26. The summed E-state index contributed by atoms with van der Waals surface area (Å²) in [6.07, 6.45) is 0.371. The number of esters is 1. The fourth-order valence-corrected chi connectivity index (χ4v) is 8.44. The number of hydrogen-bond acceptors (Lipinski definition) is 5. The van der Waals surface area contributed by atoms with Gasteiger partial charge in [0.1, 0.15) is 0 Å². The second-order valence-corrected chi connectivity index (χ2v) is 12.2. The van der Waals surface area contributed by atoms with Crippen LogP contribution in [0.2, 0.25) is 0 Å². The summed E-state index contributed by atoms with van der Waals surface area (Å²) >= 11 is 0. The van der Waals surface area contributed by atoms with Crippen molar-refractivity contribution < 1.29 is 14.4 Å². The van der Waals surface area contributed by atoms with Gasteiger partial charge in [-0.05, 0) is 54.3 Å². The SMILES string of the molecule is C=C(C(Cc1ccccc1-c1ccccc1)C(=O)OCC)[P]1(O)N(c2ccccc2)CCN1c1ccccc1. The Morgan fingerprint density at radius 1 is 0.821 bits per heavy atom. The first-order valence-electron chi connectivity index (χ1n) is 13.3. The lowest BCUT2D eigenvalue weighted by Gasteiger charge is -2.45. The normalized spacial score (nSPS) is 15.1. The van der Waals surface area contributed by atoms with Gasteiger partial charge in [-0.1, -0.05) is 97.6 Å². The molecule has 0 bridgehead atoms. The van der Waals surface area contributed by atoms with E-state index in [1.165, 1.54) is 0 Å². The van der Waals surface area contributed by atoms with Crippen LogP contribution in [-0.2, 0) is 16.0 Å². The number of hydrogen-bond donors (Lipinski definition) is 1. The molecule has 0 saturated carbocycles. The number of benzene rings is 4. The van der Waals surface area contributed by atoms with E-state index < -0.39 is 13.7 Å². The second-order valence-electron chi connectivity index (χ2n) is 9.51. The lowest BCUT2D eigenvalue weighted by molar-refractivity contribution is -0.146. The average Bonchev–Trinajstić information content (AvgIpc) is 3.35. The molecule has 1 fully saturated rings. The summed E-state index contributed by atoms with van der Waals surface area (Å²) < 4.78 is 9.68. The number of ether oxygens (including phenoxy) is 1. The second kappa shape index (κ2) is 11.9. The maximum absolute atomic E-state index is 13.6. The molecule has 0 spiro atoms. The smallest absolute Gasteiger partial charge is 0.313 e. The summed E-state index contributed by atoms with van der Waals surface area (Å²) in [6.45, 7) is 7.76. The van der Waals surface area contributed by atoms with Crippen LogP contribution in [-0.4, -0.2) is 30.6 Å². The summed E-state index contributed by atoms with van der Waals surface area (Å²) in [4.78, 5) is 26.4. The van der Waals surface area contributed by atoms with Crippen LogP contribution in [0.25, 0.3) is 11.1 Å². The van der Waals surface area contributed by atoms with Crippen LogP contribution in [0.1, 0.15) is 12.5 Å². The number of para-hydroxylation sites is 2. The van der Waals surface area contributed by atoms with Crippen LogP contribution in [0.15, 0.2) is 127 Å². The predicted octanol–water partition coefficient (Wildman–Crippen LogP) is 7.37. The van der Waals surface area contributed by atoms with Crippen molar-refractivity contribution in [3.05, 3.63) is 133 Å². The number of anilines is 2. The third-order valence-corrected chi connectivity index (χ3v) is 10.5. The molecule has 1 radical (unpaired) electrons. The van der Waals surface area contributed by atoms with Crippen LogP contribution in [0.5, 0.6) is 0 Å². The van der Waals surface area contributed by atoms with E-state index in [1.54, 1.807) is 0 Å². The molecule has 1 saturated heterocycles. The van der Waals surface area contributed by atoms with Gasteiger partial charge in [-0.25, -0.2) is 0 Å². The number of nitrogens with zero attached hydrogens (tertiary/aromatic N) is 2. The first kappa shape index (κ1) is 26.7. The van der Waals surface area contributed by atoms with Crippen molar-refractivity contribution >= 4 is 25.1 Å². The van der Waals surface area contributed by atoms with Gasteiger partial charge in [-0.15, -0.1) is 0 Å².